The molecular weight excluding hydrogens is 474 g/mol. The van der Waals surface area contributed by atoms with E-state index < -0.39 is 0 Å². The second-order valence-corrected chi connectivity index (χ2v) is 6.71. The molecule has 1 atom stereocenters. The van der Waals surface area contributed by atoms with Gasteiger partial charge in [-0.15, -0.1) is 34.2 Å². The normalized spacial score (nSPS) is 16.7. The third kappa shape index (κ3) is 6.69. The van der Waals surface area contributed by atoms with E-state index >= 15 is 0 Å². The number of nitrogens with zero attached hydrogens (tertiary/aromatic N) is 4. The van der Waals surface area contributed by atoms with E-state index in [1.807, 2.05) is 18.5 Å². The molecule has 1 aromatic carbocycles. The minimum Gasteiger partial charge on any atom is -0.376 e. The highest BCUT2D eigenvalue weighted by molar-refractivity contribution is 14.0. The summed E-state index contributed by atoms with van der Waals surface area (Å²) in [6.07, 6.45) is 3.18. The van der Waals surface area contributed by atoms with Gasteiger partial charge in [0.1, 0.15) is 18.2 Å². The van der Waals surface area contributed by atoms with Crippen LogP contribution in [0.1, 0.15) is 30.1 Å². The van der Waals surface area contributed by atoms with Crippen molar-refractivity contribution < 1.29 is 9.13 Å². The number of rotatable bonds is 7. The van der Waals surface area contributed by atoms with E-state index in [2.05, 4.69) is 25.8 Å². The molecule has 1 aromatic heterocycles. The van der Waals surface area contributed by atoms with Crippen LogP contribution in [-0.4, -0.2) is 46.5 Å². The molecule has 0 amide bonds. The molecule has 0 saturated carbocycles. The zero-order chi connectivity index (χ0) is 19.1. The Balaban J connectivity index is 0.00000280. The Bertz CT molecular complexity index is 758. The monoisotopic (exact) mass is 502 g/mol. The summed E-state index contributed by atoms with van der Waals surface area (Å²) >= 11 is 0. The molecule has 1 saturated heterocycles. The number of aliphatic imine (C=N–C) groups is 1. The van der Waals surface area contributed by atoms with Crippen molar-refractivity contribution in [3.63, 3.8) is 0 Å². The minimum atomic E-state index is -0.217. The van der Waals surface area contributed by atoms with Gasteiger partial charge in [0.15, 0.2) is 11.8 Å². The average molecular weight is 502 g/mol. The van der Waals surface area contributed by atoms with Crippen molar-refractivity contribution in [2.75, 3.05) is 19.7 Å². The van der Waals surface area contributed by atoms with Crippen LogP contribution in [-0.2, 0) is 24.8 Å². The number of hydrogen-bond donors (Lipinski definition) is 2. The second kappa shape index (κ2) is 11.3. The first-order valence-electron chi connectivity index (χ1n) is 9.35. The van der Waals surface area contributed by atoms with E-state index in [1.54, 1.807) is 12.1 Å². The zero-order valence-corrected chi connectivity index (χ0v) is 18.7. The molecule has 1 unspecified atom stereocenters. The number of aryl methyl sites for hydroxylation is 1. The average Bonchev–Trinajstić information content (AvgIpc) is 3.30. The Morgan fingerprint density at radius 1 is 1.29 bits per heavy atom. The van der Waals surface area contributed by atoms with E-state index in [0.29, 0.717) is 19.0 Å². The molecule has 154 valence electrons. The largest absolute Gasteiger partial charge is 0.376 e. The number of halogens is 2. The van der Waals surface area contributed by atoms with Gasteiger partial charge in [0.2, 0.25) is 0 Å². The smallest absolute Gasteiger partial charge is 0.191 e. The number of aromatic nitrogens is 3. The van der Waals surface area contributed by atoms with E-state index in [0.717, 1.165) is 49.6 Å². The summed E-state index contributed by atoms with van der Waals surface area (Å²) in [5, 5.41) is 14.9. The van der Waals surface area contributed by atoms with E-state index in [1.165, 1.54) is 12.1 Å². The fourth-order valence-corrected chi connectivity index (χ4v) is 2.90. The van der Waals surface area contributed by atoms with Gasteiger partial charge in [0.25, 0.3) is 0 Å². The van der Waals surface area contributed by atoms with Crippen LogP contribution in [0.5, 0.6) is 0 Å². The molecule has 7 nitrogen and oxygen atoms in total. The van der Waals surface area contributed by atoms with Crippen molar-refractivity contribution in [1.29, 1.82) is 0 Å². The van der Waals surface area contributed by atoms with Crippen molar-refractivity contribution in [2.45, 2.75) is 38.8 Å². The number of guanidine groups is 1. The summed E-state index contributed by atoms with van der Waals surface area (Å²) in [7, 11) is 1.93. The zero-order valence-electron chi connectivity index (χ0n) is 16.3. The molecule has 0 spiro atoms. The number of nitrogens with one attached hydrogen (secondary N) is 2. The molecule has 9 heteroatoms. The van der Waals surface area contributed by atoms with Crippen LogP contribution in [0, 0.1) is 12.7 Å². The summed E-state index contributed by atoms with van der Waals surface area (Å²) in [4.78, 5) is 4.63. The first-order chi connectivity index (χ1) is 13.1. The highest BCUT2D eigenvalue weighted by Crippen LogP contribution is 2.10. The molecule has 1 aliphatic rings. The Morgan fingerprint density at radius 2 is 2.07 bits per heavy atom. The quantitative estimate of drug-likeness (QED) is 0.346. The van der Waals surface area contributed by atoms with Crippen LogP contribution in [0.15, 0.2) is 29.3 Å². The van der Waals surface area contributed by atoms with Crippen LogP contribution in [0.4, 0.5) is 4.39 Å². The molecule has 0 radical (unpaired) electrons. The van der Waals surface area contributed by atoms with E-state index in [-0.39, 0.29) is 35.9 Å². The second-order valence-electron chi connectivity index (χ2n) is 6.71. The van der Waals surface area contributed by atoms with Crippen LogP contribution in [0.2, 0.25) is 0 Å². The SMILES string of the molecule is Cc1nnc(CN=C(NCCc2ccc(F)cc2)NCC2CCCO2)n1C.I. The lowest BCUT2D eigenvalue weighted by Gasteiger charge is -2.15. The van der Waals surface area contributed by atoms with Gasteiger partial charge in [-0.1, -0.05) is 12.1 Å². The van der Waals surface area contributed by atoms with Gasteiger partial charge in [-0.2, -0.15) is 0 Å². The lowest BCUT2D eigenvalue weighted by atomic mass is 10.1. The summed E-state index contributed by atoms with van der Waals surface area (Å²) < 4.78 is 20.6. The van der Waals surface area contributed by atoms with Crippen molar-refractivity contribution in [3.8, 4) is 0 Å². The number of hydrogen-bond acceptors (Lipinski definition) is 4. The van der Waals surface area contributed by atoms with Gasteiger partial charge in [0.05, 0.1) is 6.10 Å². The molecule has 0 aliphatic carbocycles. The maximum Gasteiger partial charge on any atom is 0.191 e. The molecule has 1 fully saturated rings. The molecule has 2 aromatic rings. The Kier molecular flexibility index (Phi) is 9.10. The van der Waals surface area contributed by atoms with Crippen molar-refractivity contribution >= 4 is 29.9 Å². The van der Waals surface area contributed by atoms with Crippen molar-refractivity contribution in [3.05, 3.63) is 47.3 Å². The van der Waals surface area contributed by atoms with Crippen LogP contribution >= 0.6 is 24.0 Å². The third-order valence-corrected chi connectivity index (χ3v) is 4.70. The third-order valence-electron chi connectivity index (χ3n) is 4.70. The minimum absolute atomic E-state index is 0. The maximum atomic E-state index is 13.0. The van der Waals surface area contributed by atoms with Gasteiger partial charge < -0.3 is 19.9 Å². The molecule has 3 rings (SSSR count). The van der Waals surface area contributed by atoms with Crippen molar-refractivity contribution in [2.24, 2.45) is 12.0 Å². The van der Waals surface area contributed by atoms with E-state index in [9.17, 15) is 4.39 Å². The van der Waals surface area contributed by atoms with Crippen LogP contribution in [0.25, 0.3) is 0 Å². The van der Waals surface area contributed by atoms with E-state index in [4.69, 9.17) is 4.74 Å². The summed E-state index contributed by atoms with van der Waals surface area (Å²) in [6.45, 7) is 4.60. The first kappa shape index (κ1) is 22.5. The number of ether oxygens (including phenoxy) is 1. The Morgan fingerprint density at radius 3 is 2.71 bits per heavy atom. The Labute approximate surface area is 182 Å². The fourth-order valence-electron chi connectivity index (χ4n) is 2.90. The summed E-state index contributed by atoms with van der Waals surface area (Å²) in [6, 6.07) is 6.57. The topological polar surface area (TPSA) is 76.4 Å². The predicted octanol–water partition coefficient (Wildman–Crippen LogP) is 2.34. The maximum absolute atomic E-state index is 13.0. The van der Waals surface area contributed by atoms with Gasteiger partial charge >= 0.3 is 0 Å². The van der Waals surface area contributed by atoms with Gasteiger partial charge in [0, 0.05) is 26.7 Å². The highest BCUT2D eigenvalue weighted by Gasteiger charge is 2.15. The molecule has 28 heavy (non-hydrogen) atoms. The van der Waals surface area contributed by atoms with Gasteiger partial charge in [-0.05, 0) is 43.9 Å². The number of benzene rings is 1. The molecule has 2 heterocycles. The van der Waals surface area contributed by atoms with Crippen LogP contribution in [0.3, 0.4) is 0 Å². The molecule has 0 bridgehead atoms. The molecule has 1 aliphatic heterocycles. The fraction of sp³-hybridized carbons (Fsp3) is 0.526. The Hall–Kier alpha value is -1.75. The van der Waals surface area contributed by atoms with Crippen molar-refractivity contribution in [1.82, 2.24) is 25.4 Å². The standard InChI is InChI=1S/C19H27FN6O.HI/c1-14-24-25-18(26(14)2)13-23-19(22-12-17-4-3-11-27-17)21-10-9-15-5-7-16(20)8-6-15;/h5-8,17H,3-4,9-13H2,1-2H3,(H2,21,22,23);1H. The lowest BCUT2D eigenvalue weighted by Crippen LogP contribution is -2.42. The lowest BCUT2D eigenvalue weighted by molar-refractivity contribution is 0.114. The van der Waals surface area contributed by atoms with Crippen LogP contribution < -0.4 is 10.6 Å². The van der Waals surface area contributed by atoms with Gasteiger partial charge in [-0.3, -0.25) is 0 Å². The highest BCUT2D eigenvalue weighted by atomic mass is 127. The van der Waals surface area contributed by atoms with Gasteiger partial charge in [-0.25, -0.2) is 9.38 Å². The summed E-state index contributed by atoms with van der Waals surface area (Å²) in [5.74, 6) is 2.17. The molecular formula is C19H28FIN6O. The molecule has 2 N–H and O–H groups in total. The summed E-state index contributed by atoms with van der Waals surface area (Å²) in [5.41, 5.74) is 1.08. The predicted molar refractivity (Wildman–Crippen MR) is 117 cm³/mol. The first-order valence-corrected chi connectivity index (χ1v) is 9.35.